The molecule has 0 radical (unpaired) electrons. The van der Waals surface area contributed by atoms with Crippen molar-refractivity contribution in [2.45, 2.75) is 25.7 Å². The van der Waals surface area contributed by atoms with Gasteiger partial charge in [-0.1, -0.05) is 6.07 Å². The Morgan fingerprint density at radius 1 is 1.31 bits per heavy atom. The van der Waals surface area contributed by atoms with Crippen molar-refractivity contribution in [2.24, 2.45) is 0 Å². The number of H-pyrrole nitrogens is 1. The van der Waals surface area contributed by atoms with Gasteiger partial charge in [0, 0.05) is 40.0 Å². The number of fused-ring (bicyclic) bond motifs is 1. The van der Waals surface area contributed by atoms with Crippen LogP contribution in [-0.2, 0) is 0 Å². The van der Waals surface area contributed by atoms with Crippen molar-refractivity contribution in [2.75, 3.05) is 11.5 Å². The van der Waals surface area contributed by atoms with Gasteiger partial charge in [-0.3, -0.25) is 9.78 Å². The predicted molar refractivity (Wildman–Crippen MR) is 101 cm³/mol. The fourth-order valence-electron chi connectivity index (χ4n) is 3.40. The molecule has 6 nitrogen and oxygen atoms in total. The minimum Gasteiger partial charge on any atom is -0.396 e. The molecular formula is C19H18FN5O. The minimum absolute atomic E-state index is 0.00400. The second-order valence-electron chi connectivity index (χ2n) is 6.64. The van der Waals surface area contributed by atoms with Crippen LogP contribution in [0.4, 0.5) is 15.8 Å². The molecule has 0 atom stereocenters. The number of nitrogens with two attached hydrogens (primary N) is 2. The number of halogens is 1. The van der Waals surface area contributed by atoms with Crippen LogP contribution < -0.4 is 17.0 Å². The number of aromatic nitrogens is 2. The molecule has 4 rings (SSSR count). The summed E-state index contributed by atoms with van der Waals surface area (Å²) in [4.78, 5) is 19.9. The quantitative estimate of drug-likeness (QED) is 0.428. The van der Waals surface area contributed by atoms with Crippen LogP contribution in [0.5, 0.6) is 0 Å². The Balaban J connectivity index is 2.13. The van der Waals surface area contributed by atoms with Gasteiger partial charge in [0.2, 0.25) is 0 Å². The first-order valence-corrected chi connectivity index (χ1v) is 8.34. The molecule has 132 valence electrons. The molecule has 0 bridgehead atoms. The maximum Gasteiger partial charge on any atom is 0.272 e. The van der Waals surface area contributed by atoms with E-state index in [-0.39, 0.29) is 16.9 Å². The van der Waals surface area contributed by atoms with E-state index in [1.807, 2.05) is 13.0 Å². The van der Waals surface area contributed by atoms with E-state index in [0.29, 0.717) is 27.9 Å². The molecule has 1 saturated carbocycles. The number of nitrogen functional groups attached to an aromatic ring is 2. The third kappa shape index (κ3) is 2.35. The van der Waals surface area contributed by atoms with Crippen LogP contribution in [0.3, 0.4) is 0 Å². The largest absolute Gasteiger partial charge is 0.396 e. The van der Waals surface area contributed by atoms with Gasteiger partial charge >= 0.3 is 0 Å². The van der Waals surface area contributed by atoms with E-state index in [0.717, 1.165) is 30.4 Å². The lowest BCUT2D eigenvalue weighted by Gasteiger charge is -2.16. The molecule has 0 amide bonds. The lowest BCUT2D eigenvalue weighted by atomic mass is 9.93. The van der Waals surface area contributed by atoms with Crippen LogP contribution in [0.2, 0.25) is 0 Å². The molecule has 1 fully saturated rings. The zero-order chi connectivity index (χ0) is 18.6. The second-order valence-corrected chi connectivity index (χ2v) is 6.64. The summed E-state index contributed by atoms with van der Waals surface area (Å²) >= 11 is 0. The predicted octanol–water partition coefficient (Wildman–Crippen LogP) is 3.08. The Hall–Kier alpha value is -3.22. The van der Waals surface area contributed by atoms with E-state index in [2.05, 4.69) is 9.97 Å². The number of rotatable bonds is 3. The highest BCUT2D eigenvalue weighted by atomic mass is 19.1. The van der Waals surface area contributed by atoms with Crippen LogP contribution in [0.25, 0.3) is 22.0 Å². The van der Waals surface area contributed by atoms with Crippen molar-refractivity contribution in [3.63, 3.8) is 0 Å². The molecule has 7 heteroatoms. The van der Waals surface area contributed by atoms with Gasteiger partial charge in [-0.15, -0.1) is 0 Å². The third-order valence-corrected chi connectivity index (χ3v) is 4.88. The minimum atomic E-state index is -0.620. The summed E-state index contributed by atoms with van der Waals surface area (Å²) in [5.74, 6) is -0.188. The highest BCUT2D eigenvalue weighted by Crippen LogP contribution is 2.42. The zero-order valence-corrected chi connectivity index (χ0v) is 14.2. The first-order chi connectivity index (χ1) is 12.4. The first-order valence-electron chi connectivity index (χ1n) is 8.34. The number of hydrogen-bond acceptors (Lipinski definition) is 5. The number of benzene rings is 1. The molecule has 2 heterocycles. The zero-order valence-electron chi connectivity index (χ0n) is 14.2. The van der Waals surface area contributed by atoms with Crippen LogP contribution in [0.1, 0.15) is 35.7 Å². The molecule has 0 spiro atoms. The van der Waals surface area contributed by atoms with E-state index >= 15 is 0 Å². The van der Waals surface area contributed by atoms with Crippen molar-refractivity contribution >= 4 is 28.5 Å². The number of anilines is 2. The highest BCUT2D eigenvalue weighted by Gasteiger charge is 2.27. The van der Waals surface area contributed by atoms with E-state index in [9.17, 15) is 9.18 Å². The Morgan fingerprint density at radius 2 is 2.04 bits per heavy atom. The van der Waals surface area contributed by atoms with Crippen molar-refractivity contribution in [3.8, 4) is 11.1 Å². The molecule has 6 N–H and O–H groups in total. The average Bonchev–Trinajstić information content (AvgIpc) is 3.44. The second kappa shape index (κ2) is 5.66. The van der Waals surface area contributed by atoms with Crippen molar-refractivity contribution in [3.05, 3.63) is 51.3 Å². The summed E-state index contributed by atoms with van der Waals surface area (Å²) < 4.78 is 13.8. The topological polar surface area (TPSA) is 122 Å². The van der Waals surface area contributed by atoms with Crippen LogP contribution >= 0.6 is 0 Å². The molecule has 0 saturated heterocycles. The molecule has 0 aliphatic heterocycles. The summed E-state index contributed by atoms with van der Waals surface area (Å²) in [7, 11) is 0. The summed E-state index contributed by atoms with van der Waals surface area (Å²) in [6.07, 6.45) is 3.16. The lowest BCUT2D eigenvalue weighted by molar-refractivity contribution is 0.632. The normalized spacial score (nSPS) is 13.9. The molecule has 26 heavy (non-hydrogen) atoms. The number of nitrogens with one attached hydrogen (secondary N) is 2. The monoisotopic (exact) mass is 351 g/mol. The molecule has 1 aromatic carbocycles. The molecular weight excluding hydrogens is 333 g/mol. The van der Waals surface area contributed by atoms with Gasteiger partial charge in [-0.05, 0) is 37.5 Å². The first kappa shape index (κ1) is 16.3. The Morgan fingerprint density at radius 3 is 2.69 bits per heavy atom. The molecule has 1 aliphatic rings. The van der Waals surface area contributed by atoms with Crippen molar-refractivity contribution < 1.29 is 4.39 Å². The van der Waals surface area contributed by atoms with Crippen molar-refractivity contribution in [1.82, 2.24) is 9.97 Å². The number of aryl methyl sites for hydroxylation is 1. The fourth-order valence-corrected chi connectivity index (χ4v) is 3.40. The third-order valence-electron chi connectivity index (χ3n) is 4.88. The van der Waals surface area contributed by atoms with Crippen LogP contribution in [-0.4, -0.2) is 16.2 Å². The fraction of sp³-hybridized carbons (Fsp3) is 0.211. The Bertz CT molecular complexity index is 1130. The number of aromatic amines is 1. The van der Waals surface area contributed by atoms with E-state index in [1.54, 1.807) is 0 Å². The number of pyridine rings is 2. The van der Waals surface area contributed by atoms with Crippen LogP contribution in [0.15, 0.2) is 23.0 Å². The summed E-state index contributed by atoms with van der Waals surface area (Å²) in [5, 5.41) is 8.32. The SMILES string of the molecule is Cc1nc(C2CC2)cc2[nH]c(=O)c(N)c(-c3ccc(F)c(N)c3C=N)c12. The van der Waals surface area contributed by atoms with E-state index < -0.39 is 11.4 Å². The van der Waals surface area contributed by atoms with Gasteiger partial charge in [0.25, 0.3) is 5.56 Å². The maximum absolute atomic E-state index is 13.8. The van der Waals surface area contributed by atoms with Gasteiger partial charge < -0.3 is 21.9 Å². The van der Waals surface area contributed by atoms with Crippen LogP contribution in [0, 0.1) is 18.2 Å². The number of nitrogens with zero attached hydrogens (tertiary/aromatic N) is 1. The Kier molecular flexibility index (Phi) is 3.54. The average molecular weight is 351 g/mol. The van der Waals surface area contributed by atoms with Gasteiger partial charge in [-0.2, -0.15) is 0 Å². The summed E-state index contributed by atoms with van der Waals surface area (Å²) in [5.41, 5.74) is 14.7. The number of hydrogen-bond donors (Lipinski definition) is 4. The maximum atomic E-state index is 13.8. The molecule has 2 aromatic heterocycles. The molecule has 1 aliphatic carbocycles. The standard InChI is InChI=1S/C19H18FN5O/c1-8-15-14(6-13(24-8)9-2-3-9)25-19(26)18(23)16(15)10-4-5-12(20)17(22)11(10)7-21/h4-7,9,21H,2-3,22-23H2,1H3,(H,25,26). The van der Waals surface area contributed by atoms with Gasteiger partial charge in [0.1, 0.15) is 11.5 Å². The summed E-state index contributed by atoms with van der Waals surface area (Å²) in [6, 6.07) is 4.58. The van der Waals surface area contributed by atoms with Gasteiger partial charge in [0.15, 0.2) is 0 Å². The highest BCUT2D eigenvalue weighted by molar-refractivity contribution is 6.07. The molecule has 0 unspecified atom stereocenters. The van der Waals surface area contributed by atoms with E-state index in [4.69, 9.17) is 16.9 Å². The molecule has 3 aromatic rings. The van der Waals surface area contributed by atoms with Gasteiger partial charge in [0.05, 0.1) is 11.2 Å². The lowest BCUT2D eigenvalue weighted by Crippen LogP contribution is -2.15. The summed E-state index contributed by atoms with van der Waals surface area (Å²) in [6.45, 7) is 1.85. The van der Waals surface area contributed by atoms with Crippen molar-refractivity contribution in [1.29, 1.82) is 5.41 Å². The Labute approximate surface area is 148 Å². The van der Waals surface area contributed by atoms with E-state index in [1.165, 1.54) is 12.1 Å². The van der Waals surface area contributed by atoms with Gasteiger partial charge in [-0.25, -0.2) is 4.39 Å². The smallest absolute Gasteiger partial charge is 0.272 e.